The van der Waals surface area contributed by atoms with Crippen molar-refractivity contribution >= 4 is 24.2 Å². The Morgan fingerprint density at radius 1 is 1.04 bits per heavy atom. The van der Waals surface area contributed by atoms with Crippen LogP contribution in [-0.4, -0.2) is 23.2 Å². The molecular weight excluding hydrogens is 372 g/mol. The van der Waals surface area contributed by atoms with Crippen LogP contribution in [0.1, 0.15) is 24.3 Å². The van der Waals surface area contributed by atoms with Crippen LogP contribution >= 0.6 is 11.6 Å². The fraction of sp³-hybridized carbons (Fsp3) is 0.182. The first kappa shape index (κ1) is 17.4. The van der Waals surface area contributed by atoms with Gasteiger partial charge in [-0.05, 0) is 54.7 Å². The summed E-state index contributed by atoms with van der Waals surface area (Å²) in [4.78, 5) is 8.49. The maximum Gasteiger partial charge on any atom is 0.219 e. The number of nitrogens with zero attached hydrogens (tertiary/aromatic N) is 3. The van der Waals surface area contributed by atoms with Crippen molar-refractivity contribution in [2.24, 2.45) is 9.98 Å². The van der Waals surface area contributed by atoms with Gasteiger partial charge in [-0.1, -0.05) is 29.8 Å². The maximum absolute atomic E-state index is 6.01. The Bertz CT molecular complexity index is 1010. The van der Waals surface area contributed by atoms with Gasteiger partial charge in [0.2, 0.25) is 6.34 Å². The van der Waals surface area contributed by atoms with Gasteiger partial charge in [0.25, 0.3) is 0 Å². The zero-order chi connectivity index (χ0) is 19.0. The Balaban J connectivity index is 1.19. The SMILES string of the molecule is Clc1cccc(Oc2ccc(C3CC(N[N+]45C=CN=CC4=CN=C5)C3)cc2)c1. The van der Waals surface area contributed by atoms with E-state index in [-0.39, 0.29) is 0 Å². The third-order valence-electron chi connectivity index (χ3n) is 5.40. The molecule has 5 nitrogen and oxygen atoms in total. The standard InChI is InChI=1S/C22H20ClN4O/c23-18-2-1-3-22(12-18)28-21-6-4-16(5-7-21)17-10-19(11-17)26-27-9-8-24-13-20(27)14-25-15-27/h1-9,12-15,17,19,26H,10-11H2/q+1. The third kappa shape index (κ3) is 3.29. The Kier molecular flexibility index (Phi) is 4.36. The number of quaternary nitrogens is 1. The second-order valence-electron chi connectivity index (χ2n) is 7.29. The molecule has 0 spiro atoms. The van der Waals surface area contributed by atoms with Crippen molar-refractivity contribution < 1.29 is 9.33 Å². The van der Waals surface area contributed by atoms with Crippen molar-refractivity contribution in [2.75, 3.05) is 0 Å². The average Bonchev–Trinajstić information content (AvgIpc) is 3.09. The van der Waals surface area contributed by atoms with E-state index in [1.165, 1.54) is 5.56 Å². The number of rotatable bonds is 5. The van der Waals surface area contributed by atoms with E-state index in [4.69, 9.17) is 16.3 Å². The third-order valence-corrected chi connectivity index (χ3v) is 5.63. The molecule has 5 rings (SSSR count). The number of ether oxygens (including phenoxy) is 1. The summed E-state index contributed by atoms with van der Waals surface area (Å²) in [5, 5.41) is 0.671. The number of hydrogen-bond donors (Lipinski definition) is 1. The van der Waals surface area contributed by atoms with Crippen molar-refractivity contribution in [3.05, 3.63) is 83.4 Å². The molecule has 2 heterocycles. The summed E-state index contributed by atoms with van der Waals surface area (Å²) in [7, 11) is 0. The van der Waals surface area contributed by atoms with Crippen LogP contribution < -0.4 is 10.2 Å². The molecule has 1 aliphatic carbocycles. The molecule has 28 heavy (non-hydrogen) atoms. The van der Waals surface area contributed by atoms with Crippen LogP contribution in [0.3, 0.4) is 0 Å². The zero-order valence-corrected chi connectivity index (χ0v) is 16.0. The minimum Gasteiger partial charge on any atom is -0.457 e. The molecule has 1 unspecified atom stereocenters. The molecule has 2 aromatic carbocycles. The molecule has 1 saturated carbocycles. The summed E-state index contributed by atoms with van der Waals surface area (Å²) in [5.41, 5.74) is 6.08. The van der Waals surface area contributed by atoms with Gasteiger partial charge in [-0.2, -0.15) is 0 Å². The Morgan fingerprint density at radius 3 is 2.71 bits per heavy atom. The van der Waals surface area contributed by atoms with Gasteiger partial charge in [0, 0.05) is 5.02 Å². The van der Waals surface area contributed by atoms with Gasteiger partial charge in [0.15, 0.2) is 5.70 Å². The highest BCUT2D eigenvalue weighted by molar-refractivity contribution is 6.30. The summed E-state index contributed by atoms with van der Waals surface area (Å²) in [6.07, 6.45) is 11.7. The van der Waals surface area contributed by atoms with E-state index in [1.54, 1.807) is 0 Å². The highest BCUT2D eigenvalue weighted by Gasteiger charge is 2.41. The highest BCUT2D eigenvalue weighted by atomic mass is 35.5. The van der Waals surface area contributed by atoms with Crippen molar-refractivity contribution in [1.29, 1.82) is 0 Å². The largest absolute Gasteiger partial charge is 0.457 e. The molecule has 1 fully saturated rings. The van der Waals surface area contributed by atoms with Gasteiger partial charge in [-0.3, -0.25) is 4.99 Å². The Morgan fingerprint density at radius 2 is 1.89 bits per heavy atom. The van der Waals surface area contributed by atoms with E-state index < -0.39 is 0 Å². The van der Waals surface area contributed by atoms with Crippen LogP contribution in [0.5, 0.6) is 11.5 Å². The summed E-state index contributed by atoms with van der Waals surface area (Å²) in [6.45, 7) is 0. The summed E-state index contributed by atoms with van der Waals surface area (Å²) in [5.74, 6) is 2.13. The molecule has 140 valence electrons. The van der Waals surface area contributed by atoms with E-state index >= 15 is 0 Å². The van der Waals surface area contributed by atoms with E-state index in [1.807, 2.05) is 67.6 Å². The van der Waals surface area contributed by atoms with E-state index in [0.29, 0.717) is 21.6 Å². The zero-order valence-electron chi connectivity index (χ0n) is 15.2. The summed E-state index contributed by atoms with van der Waals surface area (Å²) in [6, 6.07) is 16.2. The molecule has 0 bridgehead atoms. The second-order valence-corrected chi connectivity index (χ2v) is 7.73. The van der Waals surface area contributed by atoms with Gasteiger partial charge in [-0.25, -0.2) is 4.99 Å². The predicted octanol–water partition coefficient (Wildman–Crippen LogP) is 5.14. The first-order chi connectivity index (χ1) is 13.7. The first-order valence-corrected chi connectivity index (χ1v) is 9.74. The van der Waals surface area contributed by atoms with Crippen LogP contribution in [0, 0.1) is 0 Å². The fourth-order valence-corrected chi connectivity index (χ4v) is 4.00. The van der Waals surface area contributed by atoms with Gasteiger partial charge in [0.05, 0.1) is 24.7 Å². The van der Waals surface area contributed by atoms with E-state index in [9.17, 15) is 0 Å². The second kappa shape index (κ2) is 7.02. The molecule has 1 N–H and O–H groups in total. The lowest BCUT2D eigenvalue weighted by Gasteiger charge is -2.40. The van der Waals surface area contributed by atoms with Crippen LogP contribution in [0.25, 0.3) is 0 Å². The number of benzene rings is 2. The predicted molar refractivity (Wildman–Crippen MR) is 111 cm³/mol. The molecule has 6 heteroatoms. The maximum atomic E-state index is 6.01. The van der Waals surface area contributed by atoms with Crippen molar-refractivity contribution in [1.82, 2.24) is 5.43 Å². The minimum absolute atomic E-state index is 0.441. The van der Waals surface area contributed by atoms with Crippen molar-refractivity contribution in [3.8, 4) is 11.5 Å². The molecule has 1 atom stereocenters. The van der Waals surface area contributed by atoms with Crippen molar-refractivity contribution in [2.45, 2.75) is 24.8 Å². The number of fused-ring (bicyclic) bond motifs is 1. The lowest BCUT2D eigenvalue weighted by Crippen LogP contribution is -2.58. The number of aliphatic imine (C=N–C) groups is 2. The number of nitrogens with one attached hydrogen (secondary N) is 1. The molecule has 0 saturated heterocycles. The molecule has 2 aromatic rings. The number of allylic oxidation sites excluding steroid dienone is 1. The van der Waals surface area contributed by atoms with Crippen LogP contribution in [0.15, 0.2) is 82.8 Å². The van der Waals surface area contributed by atoms with Crippen LogP contribution in [-0.2, 0) is 0 Å². The van der Waals surface area contributed by atoms with Gasteiger partial charge < -0.3 is 4.74 Å². The van der Waals surface area contributed by atoms with E-state index in [0.717, 1.165) is 30.0 Å². The molecule has 0 radical (unpaired) electrons. The first-order valence-electron chi connectivity index (χ1n) is 9.36. The molecule has 0 aromatic heterocycles. The topological polar surface area (TPSA) is 46.0 Å². The number of hydrogen-bond acceptors (Lipinski definition) is 4. The highest BCUT2D eigenvalue weighted by Crippen LogP contribution is 2.39. The molecule has 0 amide bonds. The molecular formula is C22H20ClN4O+. The Hall–Kier alpha value is -2.73. The molecule has 2 aliphatic heterocycles. The lowest BCUT2D eigenvalue weighted by molar-refractivity contribution is -0.788. The number of halogens is 1. The quantitative estimate of drug-likeness (QED) is 0.717. The van der Waals surface area contributed by atoms with Crippen molar-refractivity contribution in [3.63, 3.8) is 0 Å². The van der Waals surface area contributed by atoms with Crippen LogP contribution in [0.2, 0.25) is 5.02 Å². The minimum atomic E-state index is 0.441. The van der Waals surface area contributed by atoms with Crippen LogP contribution in [0.4, 0.5) is 0 Å². The Labute approximate surface area is 168 Å². The summed E-state index contributed by atoms with van der Waals surface area (Å²) < 4.78 is 6.34. The van der Waals surface area contributed by atoms with E-state index in [2.05, 4.69) is 27.5 Å². The van der Waals surface area contributed by atoms with Gasteiger partial charge >= 0.3 is 0 Å². The molecule has 3 aliphatic rings. The summed E-state index contributed by atoms with van der Waals surface area (Å²) >= 11 is 6.01. The van der Waals surface area contributed by atoms with Gasteiger partial charge in [0.1, 0.15) is 17.7 Å². The fourth-order valence-electron chi connectivity index (χ4n) is 3.82. The van der Waals surface area contributed by atoms with Gasteiger partial charge in [-0.15, -0.1) is 10.0 Å². The average molecular weight is 392 g/mol. The smallest absolute Gasteiger partial charge is 0.219 e. The normalized spacial score (nSPS) is 27.2. The lowest BCUT2D eigenvalue weighted by atomic mass is 9.76. The monoisotopic (exact) mass is 391 g/mol.